The molecule has 0 saturated heterocycles. The predicted molar refractivity (Wildman–Crippen MR) is 138 cm³/mol. The number of anilines is 1. The molecule has 1 aliphatic carbocycles. The lowest BCUT2D eigenvalue weighted by Gasteiger charge is -2.12. The molecule has 4 aromatic rings. The van der Waals surface area contributed by atoms with E-state index in [2.05, 4.69) is 20.5 Å². The molecule has 2 aromatic carbocycles. The number of halogens is 3. The fourth-order valence-corrected chi connectivity index (χ4v) is 5.07. The summed E-state index contributed by atoms with van der Waals surface area (Å²) in [5.41, 5.74) is 3.07. The number of ketones is 1. The molecule has 1 fully saturated rings. The number of benzene rings is 2. The van der Waals surface area contributed by atoms with Crippen molar-refractivity contribution in [2.75, 3.05) is 5.32 Å². The number of carbonyl (C=O) groups is 1. The zero-order valence-corrected chi connectivity index (χ0v) is 20.9. The van der Waals surface area contributed by atoms with E-state index >= 15 is 0 Å². The van der Waals surface area contributed by atoms with Crippen LogP contribution in [0.4, 0.5) is 19.2 Å². The molecule has 1 aliphatic heterocycles. The number of aliphatic imine (C=N–C) groups is 1. The van der Waals surface area contributed by atoms with Crippen LogP contribution in [0.15, 0.2) is 76.3 Å². The van der Waals surface area contributed by atoms with Gasteiger partial charge in [0.1, 0.15) is 5.69 Å². The number of aromatic nitrogens is 3. The summed E-state index contributed by atoms with van der Waals surface area (Å²) in [6.45, 7) is 2.01. The first kappa shape index (κ1) is 25.0. The molecular weight excluding hydrogens is 507 g/mol. The van der Waals surface area contributed by atoms with Gasteiger partial charge in [-0.05, 0) is 35.4 Å². The van der Waals surface area contributed by atoms with E-state index in [0.717, 1.165) is 41.8 Å². The second kappa shape index (κ2) is 9.76. The SMILES string of the molecule is CC[C@H]1C[C@@H]1c1cc(C(F)(F)F)cnc1-c1nnc(N[C@H]2N=C(c3ccccc3)c3ccccc3CC2=O)o1. The van der Waals surface area contributed by atoms with Crippen molar-refractivity contribution in [3.05, 3.63) is 94.7 Å². The number of pyridine rings is 1. The van der Waals surface area contributed by atoms with Crippen molar-refractivity contribution in [1.82, 2.24) is 15.2 Å². The number of rotatable bonds is 6. The van der Waals surface area contributed by atoms with Crippen LogP contribution in [0, 0.1) is 5.92 Å². The third-order valence-corrected chi connectivity index (χ3v) is 7.23. The normalized spacial score (nSPS) is 20.7. The van der Waals surface area contributed by atoms with Crippen molar-refractivity contribution < 1.29 is 22.4 Å². The fraction of sp³-hybridized carbons (Fsp3) is 0.276. The molecule has 2 aromatic heterocycles. The molecule has 0 radical (unpaired) electrons. The molecule has 39 heavy (non-hydrogen) atoms. The molecule has 0 amide bonds. The number of alkyl halides is 3. The van der Waals surface area contributed by atoms with Crippen LogP contribution in [-0.2, 0) is 17.4 Å². The zero-order chi connectivity index (χ0) is 27.1. The summed E-state index contributed by atoms with van der Waals surface area (Å²) in [5, 5.41) is 11.0. The number of hydrogen-bond acceptors (Lipinski definition) is 7. The zero-order valence-electron chi connectivity index (χ0n) is 20.9. The molecule has 2 aliphatic rings. The highest BCUT2D eigenvalue weighted by Gasteiger charge is 2.41. The molecule has 3 heterocycles. The lowest BCUT2D eigenvalue weighted by Crippen LogP contribution is -2.29. The number of hydrogen-bond donors (Lipinski definition) is 1. The van der Waals surface area contributed by atoms with Gasteiger partial charge >= 0.3 is 12.2 Å². The summed E-state index contributed by atoms with van der Waals surface area (Å²) in [7, 11) is 0. The lowest BCUT2D eigenvalue weighted by atomic mass is 9.96. The van der Waals surface area contributed by atoms with Gasteiger partial charge < -0.3 is 9.73 Å². The Morgan fingerprint density at radius 1 is 1.05 bits per heavy atom. The van der Waals surface area contributed by atoms with E-state index in [9.17, 15) is 18.0 Å². The number of carbonyl (C=O) groups excluding carboxylic acids is 1. The average Bonchev–Trinajstić information content (AvgIpc) is 3.61. The van der Waals surface area contributed by atoms with E-state index in [1.807, 2.05) is 61.5 Å². The van der Waals surface area contributed by atoms with E-state index in [-0.39, 0.29) is 41.6 Å². The van der Waals surface area contributed by atoms with Crippen molar-refractivity contribution in [3.63, 3.8) is 0 Å². The Morgan fingerprint density at radius 3 is 2.56 bits per heavy atom. The van der Waals surface area contributed by atoms with Gasteiger partial charge in [0.15, 0.2) is 11.9 Å². The summed E-state index contributed by atoms with van der Waals surface area (Å²) in [5.74, 6) is 0.0263. The average molecular weight is 532 g/mol. The van der Waals surface area contributed by atoms with Gasteiger partial charge in [-0.3, -0.25) is 14.8 Å². The fourth-order valence-electron chi connectivity index (χ4n) is 5.07. The van der Waals surface area contributed by atoms with Gasteiger partial charge in [0, 0.05) is 23.7 Å². The molecule has 0 spiro atoms. The summed E-state index contributed by atoms with van der Waals surface area (Å²) in [6, 6.07) is 18.2. The first-order valence-corrected chi connectivity index (χ1v) is 12.7. The third kappa shape index (κ3) is 4.94. The van der Waals surface area contributed by atoms with E-state index < -0.39 is 17.9 Å². The van der Waals surface area contributed by atoms with Gasteiger partial charge in [-0.15, -0.1) is 5.10 Å². The number of nitrogens with one attached hydrogen (secondary N) is 1. The topological polar surface area (TPSA) is 93.3 Å². The van der Waals surface area contributed by atoms with Crippen LogP contribution < -0.4 is 5.32 Å². The van der Waals surface area contributed by atoms with Gasteiger partial charge in [0.05, 0.1) is 11.3 Å². The Morgan fingerprint density at radius 2 is 1.82 bits per heavy atom. The number of fused-ring (bicyclic) bond motifs is 1. The van der Waals surface area contributed by atoms with Crippen LogP contribution in [-0.4, -0.2) is 32.8 Å². The Kier molecular flexibility index (Phi) is 6.25. The second-order valence-corrected chi connectivity index (χ2v) is 9.77. The molecule has 1 saturated carbocycles. The van der Waals surface area contributed by atoms with Crippen molar-refractivity contribution in [2.45, 2.75) is 44.4 Å². The minimum absolute atomic E-state index is 0.0143. The summed E-state index contributed by atoms with van der Waals surface area (Å²) in [6.07, 6.45) is -2.95. The van der Waals surface area contributed by atoms with Crippen molar-refractivity contribution >= 4 is 17.5 Å². The van der Waals surface area contributed by atoms with Crippen molar-refractivity contribution in [3.8, 4) is 11.6 Å². The standard InChI is InChI=1S/C29H24F3N5O2/c1-2-16-12-21(16)22-14-19(29(30,31)32)15-33-25(22)27-36-37-28(39-27)35-26-23(38)13-18-10-6-7-11-20(18)24(34-26)17-8-4-3-5-9-17/h3-11,14-16,21,26H,2,12-13H2,1H3,(H,35,37)/t16-,21-,26+/m0/s1. The highest BCUT2D eigenvalue weighted by molar-refractivity contribution is 6.16. The summed E-state index contributed by atoms with van der Waals surface area (Å²) in [4.78, 5) is 22.0. The van der Waals surface area contributed by atoms with Crippen LogP contribution in [0.5, 0.6) is 0 Å². The molecule has 0 unspecified atom stereocenters. The monoisotopic (exact) mass is 531 g/mol. The first-order valence-electron chi connectivity index (χ1n) is 12.7. The summed E-state index contributed by atoms with van der Waals surface area (Å²) >= 11 is 0. The highest BCUT2D eigenvalue weighted by Crippen LogP contribution is 2.52. The Labute approximate surface area is 222 Å². The molecule has 10 heteroatoms. The molecule has 6 rings (SSSR count). The second-order valence-electron chi connectivity index (χ2n) is 9.77. The summed E-state index contributed by atoms with van der Waals surface area (Å²) < 4.78 is 46.0. The molecule has 1 N–H and O–H groups in total. The lowest BCUT2D eigenvalue weighted by molar-refractivity contribution is -0.137. The van der Waals surface area contributed by atoms with Crippen molar-refractivity contribution in [1.29, 1.82) is 0 Å². The minimum Gasteiger partial charge on any atom is -0.402 e. The van der Waals surface area contributed by atoms with Gasteiger partial charge in [0.25, 0.3) is 5.89 Å². The number of Topliss-reactive ketones (excluding diaryl/α,β-unsaturated/α-hetero) is 1. The maximum absolute atomic E-state index is 13.4. The van der Waals surface area contributed by atoms with Crippen LogP contribution in [0.25, 0.3) is 11.6 Å². The largest absolute Gasteiger partial charge is 0.417 e. The Balaban J connectivity index is 1.33. The quantitative estimate of drug-likeness (QED) is 0.325. The van der Waals surface area contributed by atoms with Gasteiger partial charge in [-0.2, -0.15) is 13.2 Å². The van der Waals surface area contributed by atoms with E-state index in [4.69, 9.17) is 9.41 Å². The van der Waals surface area contributed by atoms with Gasteiger partial charge in [0.2, 0.25) is 0 Å². The molecular formula is C29H24F3N5O2. The van der Waals surface area contributed by atoms with Crippen LogP contribution >= 0.6 is 0 Å². The van der Waals surface area contributed by atoms with Crippen molar-refractivity contribution in [2.24, 2.45) is 10.9 Å². The highest BCUT2D eigenvalue weighted by atomic mass is 19.4. The third-order valence-electron chi connectivity index (χ3n) is 7.23. The van der Waals surface area contributed by atoms with Gasteiger partial charge in [-0.25, -0.2) is 0 Å². The molecule has 3 atom stereocenters. The molecule has 7 nitrogen and oxygen atoms in total. The maximum Gasteiger partial charge on any atom is 0.417 e. The Hall–Kier alpha value is -4.34. The maximum atomic E-state index is 13.4. The molecule has 198 valence electrons. The predicted octanol–water partition coefficient (Wildman–Crippen LogP) is 6.06. The van der Waals surface area contributed by atoms with Crippen LogP contribution in [0.3, 0.4) is 0 Å². The van der Waals surface area contributed by atoms with Crippen LogP contribution in [0.1, 0.15) is 53.5 Å². The Bertz CT molecular complexity index is 1560. The van der Waals surface area contributed by atoms with E-state index in [1.54, 1.807) is 0 Å². The minimum atomic E-state index is -4.51. The smallest absolute Gasteiger partial charge is 0.402 e. The van der Waals surface area contributed by atoms with E-state index in [0.29, 0.717) is 11.3 Å². The first-order chi connectivity index (χ1) is 18.8. The van der Waals surface area contributed by atoms with Gasteiger partial charge in [-0.1, -0.05) is 73.0 Å². The molecule has 0 bridgehead atoms. The number of nitrogens with zero attached hydrogens (tertiary/aromatic N) is 4. The van der Waals surface area contributed by atoms with E-state index in [1.165, 1.54) is 0 Å². The van der Waals surface area contributed by atoms with Crippen LogP contribution in [0.2, 0.25) is 0 Å².